The van der Waals surface area contributed by atoms with E-state index in [-0.39, 0.29) is 42.2 Å². The van der Waals surface area contributed by atoms with Crippen LogP contribution in [0.3, 0.4) is 0 Å². The van der Waals surface area contributed by atoms with Gasteiger partial charge in [0.15, 0.2) is 0 Å². The van der Waals surface area contributed by atoms with Crippen molar-refractivity contribution in [1.82, 2.24) is 10.2 Å². The fraction of sp³-hybridized carbons (Fsp3) is 0.500. The Morgan fingerprint density at radius 1 is 1.31 bits per heavy atom. The van der Waals surface area contributed by atoms with Crippen LogP contribution in [0.15, 0.2) is 18.2 Å². The van der Waals surface area contributed by atoms with Crippen molar-refractivity contribution in [2.24, 2.45) is 5.73 Å². The number of rotatable bonds is 5. The van der Waals surface area contributed by atoms with Gasteiger partial charge in [-0.2, -0.15) is 0 Å². The molecular weight excluding hydrogens is 362 g/mol. The van der Waals surface area contributed by atoms with Gasteiger partial charge < -0.3 is 20.9 Å². The summed E-state index contributed by atoms with van der Waals surface area (Å²) in [6, 6.07) is 4.22. The molecule has 1 saturated heterocycles. The number of hydrogen-bond acceptors (Lipinski definition) is 6. The Hall–Kier alpha value is -2.39. The molecule has 10 heteroatoms. The average molecular weight is 386 g/mol. The fourth-order valence-corrected chi connectivity index (χ4v) is 2.71. The van der Waals surface area contributed by atoms with E-state index in [0.29, 0.717) is 31.9 Å². The second-order valence-electron chi connectivity index (χ2n) is 6.06. The van der Waals surface area contributed by atoms with E-state index in [1.54, 1.807) is 24.0 Å². The lowest BCUT2D eigenvalue weighted by Gasteiger charge is -2.35. The second-order valence-corrected chi connectivity index (χ2v) is 6.06. The van der Waals surface area contributed by atoms with Gasteiger partial charge in [-0.3, -0.25) is 19.7 Å². The summed E-state index contributed by atoms with van der Waals surface area (Å²) in [7, 11) is 0. The van der Waals surface area contributed by atoms with E-state index in [9.17, 15) is 19.7 Å². The van der Waals surface area contributed by atoms with Gasteiger partial charge in [0.1, 0.15) is 5.69 Å². The van der Waals surface area contributed by atoms with E-state index in [4.69, 9.17) is 5.73 Å². The number of carbonyl (C=O) groups is 2. The van der Waals surface area contributed by atoms with E-state index < -0.39 is 10.8 Å². The summed E-state index contributed by atoms with van der Waals surface area (Å²) in [4.78, 5) is 38.1. The van der Waals surface area contributed by atoms with Crippen LogP contribution in [0.2, 0.25) is 0 Å². The fourth-order valence-electron chi connectivity index (χ4n) is 2.71. The number of amides is 2. The monoisotopic (exact) mass is 385 g/mol. The molecule has 0 aromatic heterocycles. The highest BCUT2D eigenvalue weighted by Crippen LogP contribution is 2.30. The summed E-state index contributed by atoms with van der Waals surface area (Å²) in [6.45, 7) is 5.60. The van der Waals surface area contributed by atoms with Crippen molar-refractivity contribution in [1.29, 1.82) is 0 Å². The van der Waals surface area contributed by atoms with Crippen molar-refractivity contribution in [2.45, 2.75) is 19.9 Å². The van der Waals surface area contributed by atoms with Crippen molar-refractivity contribution in [3.63, 3.8) is 0 Å². The number of piperazine rings is 1. The van der Waals surface area contributed by atoms with Crippen molar-refractivity contribution in [3.05, 3.63) is 33.9 Å². The maximum absolute atomic E-state index is 12.1. The molecule has 9 nitrogen and oxygen atoms in total. The zero-order valence-electron chi connectivity index (χ0n) is 14.8. The Kier molecular flexibility index (Phi) is 7.78. The minimum absolute atomic E-state index is 0. The summed E-state index contributed by atoms with van der Waals surface area (Å²) in [5.41, 5.74) is 6.03. The van der Waals surface area contributed by atoms with Crippen molar-refractivity contribution >= 4 is 35.6 Å². The maximum Gasteiger partial charge on any atom is 0.293 e. The molecule has 0 saturated carbocycles. The summed E-state index contributed by atoms with van der Waals surface area (Å²) in [5.74, 6) is -0.399. The Morgan fingerprint density at radius 3 is 2.42 bits per heavy atom. The number of anilines is 1. The van der Waals surface area contributed by atoms with E-state index >= 15 is 0 Å². The number of nitrogens with one attached hydrogen (secondary N) is 1. The molecule has 2 rings (SSSR count). The Balaban J connectivity index is 0.00000338. The molecule has 0 unspecified atom stereocenters. The number of carbonyl (C=O) groups excluding carboxylic acids is 2. The zero-order valence-corrected chi connectivity index (χ0v) is 15.6. The third kappa shape index (κ3) is 5.06. The first-order chi connectivity index (χ1) is 11.8. The number of hydrogen-bond donors (Lipinski definition) is 2. The molecule has 144 valence electrons. The number of nitrogens with two attached hydrogens (primary N) is 1. The minimum atomic E-state index is -0.490. The van der Waals surface area contributed by atoms with Crippen molar-refractivity contribution < 1.29 is 14.5 Å². The van der Waals surface area contributed by atoms with Crippen LogP contribution in [0.5, 0.6) is 0 Å². The Morgan fingerprint density at radius 2 is 1.92 bits per heavy atom. The predicted octanol–water partition coefficient (Wildman–Crippen LogP) is 0.762. The molecule has 1 heterocycles. The number of benzene rings is 1. The molecule has 1 aromatic rings. The number of halogens is 1. The molecule has 2 amide bonds. The lowest BCUT2D eigenvalue weighted by atomic mass is 10.1. The quantitative estimate of drug-likeness (QED) is 0.570. The largest absolute Gasteiger partial charge is 0.362 e. The molecule has 1 aliphatic heterocycles. The topological polar surface area (TPSA) is 122 Å². The first-order valence-corrected chi connectivity index (χ1v) is 8.13. The molecule has 0 radical (unpaired) electrons. The van der Waals surface area contributed by atoms with Crippen molar-refractivity contribution in [2.75, 3.05) is 37.6 Å². The first kappa shape index (κ1) is 21.7. The zero-order chi connectivity index (χ0) is 18.6. The molecule has 1 aromatic carbocycles. The first-order valence-electron chi connectivity index (χ1n) is 8.13. The van der Waals surface area contributed by atoms with Crippen LogP contribution in [-0.2, 0) is 4.79 Å². The smallest absolute Gasteiger partial charge is 0.293 e. The second kappa shape index (κ2) is 9.35. The van der Waals surface area contributed by atoms with Crippen LogP contribution < -0.4 is 16.0 Å². The Bertz CT molecular complexity index is 677. The molecule has 1 atom stereocenters. The van der Waals surface area contributed by atoms with Gasteiger partial charge >= 0.3 is 0 Å². The van der Waals surface area contributed by atoms with Crippen LogP contribution in [-0.4, -0.2) is 60.4 Å². The average Bonchev–Trinajstić information content (AvgIpc) is 2.61. The molecule has 26 heavy (non-hydrogen) atoms. The lowest BCUT2D eigenvalue weighted by Crippen LogP contribution is -2.48. The highest BCUT2D eigenvalue weighted by atomic mass is 35.5. The van der Waals surface area contributed by atoms with Crippen LogP contribution in [0.1, 0.15) is 24.2 Å². The van der Waals surface area contributed by atoms with Crippen LogP contribution >= 0.6 is 12.4 Å². The summed E-state index contributed by atoms with van der Waals surface area (Å²) < 4.78 is 0. The van der Waals surface area contributed by atoms with Gasteiger partial charge in [-0.05, 0) is 19.1 Å². The van der Waals surface area contributed by atoms with Crippen LogP contribution in [0.4, 0.5) is 11.4 Å². The molecule has 0 aliphatic carbocycles. The van der Waals surface area contributed by atoms with Crippen molar-refractivity contribution in [3.8, 4) is 0 Å². The van der Waals surface area contributed by atoms with Gasteiger partial charge in [0.25, 0.3) is 11.6 Å². The molecule has 0 bridgehead atoms. The van der Waals surface area contributed by atoms with E-state index in [2.05, 4.69) is 5.32 Å². The highest BCUT2D eigenvalue weighted by molar-refractivity contribution is 5.96. The van der Waals surface area contributed by atoms with Gasteiger partial charge in [0.05, 0.1) is 4.92 Å². The third-order valence-electron chi connectivity index (χ3n) is 4.23. The van der Waals surface area contributed by atoms with E-state index in [1.807, 2.05) is 4.90 Å². The van der Waals surface area contributed by atoms with Gasteiger partial charge in [-0.25, -0.2) is 0 Å². The van der Waals surface area contributed by atoms with Crippen LogP contribution in [0, 0.1) is 10.1 Å². The van der Waals surface area contributed by atoms with E-state index in [1.165, 1.54) is 13.0 Å². The van der Waals surface area contributed by atoms with Crippen LogP contribution in [0.25, 0.3) is 0 Å². The number of nitrogens with zero attached hydrogens (tertiary/aromatic N) is 3. The predicted molar refractivity (Wildman–Crippen MR) is 101 cm³/mol. The maximum atomic E-state index is 12.1. The van der Waals surface area contributed by atoms with Gasteiger partial charge in [-0.1, -0.05) is 0 Å². The SMILES string of the molecule is CC(=O)N1CCN(c2ccc(C(=O)N[C@@H](C)CN)cc2[N+](=O)[O-])CC1.Cl. The molecule has 0 spiro atoms. The summed E-state index contributed by atoms with van der Waals surface area (Å²) >= 11 is 0. The highest BCUT2D eigenvalue weighted by Gasteiger charge is 2.26. The number of nitro groups is 1. The van der Waals surface area contributed by atoms with Gasteiger partial charge in [0.2, 0.25) is 5.91 Å². The molecular formula is C16H24ClN5O4. The summed E-state index contributed by atoms with van der Waals surface area (Å²) in [6.07, 6.45) is 0. The lowest BCUT2D eigenvalue weighted by molar-refractivity contribution is -0.384. The third-order valence-corrected chi connectivity index (χ3v) is 4.23. The normalized spacial score (nSPS) is 15.0. The Labute approximate surface area is 158 Å². The number of nitro benzene ring substituents is 1. The standard InChI is InChI=1S/C16H23N5O4.ClH/c1-11(10-17)18-16(23)13-3-4-14(15(9-13)21(24)25)20-7-5-19(6-8-20)12(2)22;/h3-4,9,11H,5-8,10,17H2,1-2H3,(H,18,23);1H/t11-;/m0./s1. The van der Waals surface area contributed by atoms with Gasteiger partial charge in [-0.15, -0.1) is 12.4 Å². The summed E-state index contributed by atoms with van der Waals surface area (Å²) in [5, 5.41) is 14.1. The minimum Gasteiger partial charge on any atom is -0.362 e. The van der Waals surface area contributed by atoms with Gasteiger partial charge in [0, 0.05) is 57.3 Å². The molecule has 1 aliphatic rings. The van der Waals surface area contributed by atoms with E-state index in [0.717, 1.165) is 0 Å². The molecule has 1 fully saturated rings. The molecule has 3 N–H and O–H groups in total.